The molecule has 0 aliphatic rings. The molecule has 3 aromatic rings. The highest BCUT2D eigenvalue weighted by molar-refractivity contribution is 5.44. The number of nitrogens with zero attached hydrogens (tertiary/aromatic N) is 1. The van der Waals surface area contributed by atoms with Crippen LogP contribution in [0.25, 0.3) is 0 Å². The summed E-state index contributed by atoms with van der Waals surface area (Å²) in [5, 5.41) is 0. The minimum atomic E-state index is -3.46. The predicted octanol–water partition coefficient (Wildman–Crippen LogP) is 7.21. The van der Waals surface area contributed by atoms with E-state index in [4.69, 9.17) is 19.8 Å². The van der Waals surface area contributed by atoms with Crippen LogP contribution in [0.15, 0.2) is 78.9 Å². The molecular weight excluding hydrogens is 378 g/mol. The van der Waals surface area contributed by atoms with Crippen LogP contribution in [-0.2, 0) is 6.61 Å². The summed E-state index contributed by atoms with van der Waals surface area (Å²) in [5.41, 5.74) is 3.40. The Hall–Kier alpha value is -2.58. The molecule has 0 amide bonds. The Bertz CT molecular complexity index is 1290. The van der Waals surface area contributed by atoms with Gasteiger partial charge in [-0.15, -0.1) is 0 Å². The topological polar surface area (TPSA) is 12.5 Å². The van der Waals surface area contributed by atoms with Crippen LogP contribution >= 0.6 is 0 Å². The summed E-state index contributed by atoms with van der Waals surface area (Å²) in [5.74, 6) is 0.0438. The second-order valence-corrected chi connectivity index (χ2v) is 7.65. The molecule has 0 saturated heterocycles. The molecule has 0 spiro atoms. The second kappa shape index (κ2) is 11.2. The van der Waals surface area contributed by atoms with Crippen molar-refractivity contribution < 1.29 is 19.8 Å². The van der Waals surface area contributed by atoms with Crippen LogP contribution in [-0.4, -0.2) is 23.5 Å². The first-order valence-corrected chi connectivity index (χ1v) is 10.4. The summed E-state index contributed by atoms with van der Waals surface area (Å²) in [4.78, 5) is 0.517. The number of hydrogen-bond donors (Lipinski definition) is 0. The molecule has 164 valence electrons. The maximum absolute atomic E-state index is 8.81. The lowest BCUT2D eigenvalue weighted by Crippen LogP contribution is -2.38. The van der Waals surface area contributed by atoms with Crippen molar-refractivity contribution in [3.63, 3.8) is 0 Å². The van der Waals surface area contributed by atoms with Crippen LogP contribution in [0, 0.1) is 6.92 Å². The van der Waals surface area contributed by atoms with Gasteiger partial charge < -0.3 is 4.74 Å². The molecule has 0 bridgehead atoms. The van der Waals surface area contributed by atoms with Gasteiger partial charge in [0.2, 0.25) is 0 Å². The fourth-order valence-electron chi connectivity index (χ4n) is 3.70. The van der Waals surface area contributed by atoms with Gasteiger partial charge in [0.15, 0.2) is 0 Å². The van der Waals surface area contributed by atoms with E-state index in [0.29, 0.717) is 10.6 Å². The predicted molar refractivity (Wildman–Crippen MR) is 132 cm³/mol. The standard InChI is InChI=1S/C29H37NO/c1-22(2)30(23(3)4)19-18-27(26-14-10-7-11-15-26)28-20-24(5)16-17-29(28)31-21-25-12-8-6-9-13-25/h6-17,20,22-23,27H,18-19,21H2,1-5H3/t27-/m1/s1/i1D3,2D3,3D3,22D,23D/t23?,27-. The molecule has 0 saturated carbocycles. The van der Waals surface area contributed by atoms with E-state index < -0.39 is 45.1 Å². The zero-order valence-corrected chi connectivity index (χ0v) is 18.1. The highest BCUT2D eigenvalue weighted by Gasteiger charge is 2.22. The molecular formula is C29H37NO. The highest BCUT2D eigenvalue weighted by atomic mass is 16.5. The van der Waals surface area contributed by atoms with Crippen molar-refractivity contribution >= 4 is 0 Å². The molecule has 1 unspecified atom stereocenters. The Morgan fingerprint density at radius 1 is 0.903 bits per heavy atom. The summed E-state index contributed by atoms with van der Waals surface area (Å²) < 4.78 is 96.0. The molecule has 2 heteroatoms. The van der Waals surface area contributed by atoms with Gasteiger partial charge in [0, 0.05) is 38.6 Å². The zero-order valence-electron chi connectivity index (χ0n) is 29.1. The first kappa shape index (κ1) is 12.5. The second-order valence-electron chi connectivity index (χ2n) is 7.65. The SMILES string of the molecule is [2H]C([2H])([2H])C([2H])(C)N(CC[C@H](c1ccccc1)c1cc(C)ccc1OCc1ccccc1)C([2H])(C([2H])([2H])[2H])C([2H])([2H])[2H]. The molecule has 2 atom stereocenters. The molecule has 3 aromatic carbocycles. The highest BCUT2D eigenvalue weighted by Crippen LogP contribution is 2.36. The third-order valence-corrected chi connectivity index (χ3v) is 5.30. The van der Waals surface area contributed by atoms with Crippen molar-refractivity contribution in [3.05, 3.63) is 101 Å². The minimum absolute atomic E-state index is 0.00645. The lowest BCUT2D eigenvalue weighted by Gasteiger charge is -2.32. The maximum atomic E-state index is 8.81. The molecule has 0 N–H and O–H groups in total. The maximum Gasteiger partial charge on any atom is 0.123 e. The Balaban J connectivity index is 2.13. The molecule has 0 radical (unpaired) electrons. The zero-order chi connectivity index (χ0) is 31.6. The van der Waals surface area contributed by atoms with Gasteiger partial charge in [-0.05, 0) is 64.6 Å². The first-order chi connectivity index (χ1) is 19.3. The van der Waals surface area contributed by atoms with E-state index in [1.807, 2.05) is 85.8 Å². The van der Waals surface area contributed by atoms with Gasteiger partial charge in [0.05, 0.1) is 0 Å². The molecule has 0 aliphatic carbocycles. The van der Waals surface area contributed by atoms with Gasteiger partial charge in [0.25, 0.3) is 0 Å². The smallest absolute Gasteiger partial charge is 0.123 e. The van der Waals surface area contributed by atoms with E-state index in [1.54, 1.807) is 0 Å². The molecule has 0 aliphatic heterocycles. The van der Waals surface area contributed by atoms with Crippen molar-refractivity contribution in [1.29, 1.82) is 0 Å². The molecule has 0 heterocycles. The Morgan fingerprint density at radius 3 is 2.26 bits per heavy atom. The van der Waals surface area contributed by atoms with E-state index in [0.717, 1.165) is 29.2 Å². The fourth-order valence-corrected chi connectivity index (χ4v) is 3.70. The summed E-state index contributed by atoms with van der Waals surface area (Å²) >= 11 is 0. The van der Waals surface area contributed by atoms with Crippen LogP contribution in [0.5, 0.6) is 5.75 Å². The minimum Gasteiger partial charge on any atom is -0.489 e. The van der Waals surface area contributed by atoms with Crippen molar-refractivity contribution in [2.45, 2.75) is 65.4 Å². The van der Waals surface area contributed by atoms with Gasteiger partial charge in [-0.1, -0.05) is 78.4 Å². The molecule has 31 heavy (non-hydrogen) atoms. The first-order valence-electron chi connectivity index (χ1n) is 15.9. The normalized spacial score (nSPS) is 21.2. The monoisotopic (exact) mass is 426 g/mol. The van der Waals surface area contributed by atoms with Crippen LogP contribution < -0.4 is 4.74 Å². The molecule has 3 rings (SSSR count). The molecule has 0 aromatic heterocycles. The molecule has 0 fully saturated rings. The number of rotatable bonds is 10. The molecule has 2 nitrogen and oxygen atoms in total. The summed E-state index contributed by atoms with van der Waals surface area (Å²) in [6.45, 7) is -7.38. The van der Waals surface area contributed by atoms with E-state index >= 15 is 0 Å². The van der Waals surface area contributed by atoms with Crippen molar-refractivity contribution in [1.82, 2.24) is 4.90 Å². The quantitative estimate of drug-likeness (QED) is 0.339. The fraction of sp³-hybridized carbons (Fsp3) is 0.379. The number of aryl methyl sites for hydroxylation is 1. The van der Waals surface area contributed by atoms with Crippen molar-refractivity contribution in [2.24, 2.45) is 0 Å². The number of hydrogen-bond acceptors (Lipinski definition) is 2. The number of benzene rings is 3. The summed E-state index contributed by atoms with van der Waals surface area (Å²) in [6.07, 6.45) is 0.00645. The van der Waals surface area contributed by atoms with Gasteiger partial charge in [-0.2, -0.15) is 0 Å². The van der Waals surface area contributed by atoms with E-state index in [9.17, 15) is 0 Å². The average Bonchev–Trinajstić information content (AvgIpc) is 2.89. The lowest BCUT2D eigenvalue weighted by atomic mass is 9.86. The third kappa shape index (κ3) is 6.45. The van der Waals surface area contributed by atoms with Gasteiger partial charge >= 0.3 is 0 Å². The van der Waals surface area contributed by atoms with Crippen LogP contribution in [0.2, 0.25) is 0 Å². The van der Waals surface area contributed by atoms with Crippen molar-refractivity contribution in [2.75, 3.05) is 6.54 Å². The Labute approximate surface area is 204 Å². The Morgan fingerprint density at radius 2 is 1.58 bits per heavy atom. The van der Waals surface area contributed by atoms with E-state index in [2.05, 4.69) is 0 Å². The summed E-state index contributed by atoms with van der Waals surface area (Å²) in [6, 6.07) is 18.4. The van der Waals surface area contributed by atoms with Gasteiger partial charge in [0.1, 0.15) is 12.4 Å². The van der Waals surface area contributed by atoms with Gasteiger partial charge in [-0.3, -0.25) is 4.90 Å². The third-order valence-electron chi connectivity index (χ3n) is 5.30. The van der Waals surface area contributed by atoms with Gasteiger partial charge in [-0.25, -0.2) is 0 Å². The van der Waals surface area contributed by atoms with Crippen LogP contribution in [0.1, 0.15) is 77.2 Å². The number of ether oxygens (including phenoxy) is 1. The van der Waals surface area contributed by atoms with Crippen molar-refractivity contribution in [3.8, 4) is 5.75 Å². The average molecular weight is 427 g/mol. The largest absolute Gasteiger partial charge is 0.489 e. The van der Waals surface area contributed by atoms with Crippen LogP contribution in [0.3, 0.4) is 0 Å². The van der Waals surface area contributed by atoms with E-state index in [-0.39, 0.29) is 13.0 Å². The Kier molecular flexibility index (Phi) is 4.48. The van der Waals surface area contributed by atoms with E-state index in [1.165, 1.54) is 0 Å². The summed E-state index contributed by atoms with van der Waals surface area (Å²) in [7, 11) is 0. The van der Waals surface area contributed by atoms with Crippen LogP contribution in [0.4, 0.5) is 0 Å². The lowest BCUT2D eigenvalue weighted by molar-refractivity contribution is 0.170.